The van der Waals surface area contributed by atoms with Crippen LogP contribution in [-0.2, 0) is 4.84 Å². The zero-order chi connectivity index (χ0) is 16.9. The highest BCUT2D eigenvalue weighted by molar-refractivity contribution is 6.06. The Hall–Kier alpha value is -3.34. The van der Waals surface area contributed by atoms with Gasteiger partial charge in [-0.05, 0) is 30.5 Å². The largest absolute Gasteiger partial charge is 0.507 e. The minimum atomic E-state index is -0.694. The van der Waals surface area contributed by atoms with Crippen LogP contribution in [0.2, 0.25) is 0 Å². The van der Waals surface area contributed by atoms with Crippen LogP contribution in [0.3, 0.4) is 0 Å². The summed E-state index contributed by atoms with van der Waals surface area (Å²) in [6.45, 7) is 1.67. The lowest BCUT2D eigenvalue weighted by atomic mass is 10.0. The van der Waals surface area contributed by atoms with Crippen LogP contribution >= 0.6 is 0 Å². The van der Waals surface area contributed by atoms with Gasteiger partial charge in [0.25, 0.3) is 0 Å². The predicted octanol–water partition coefficient (Wildman–Crippen LogP) is 4.52. The van der Waals surface area contributed by atoms with E-state index < -0.39 is 6.09 Å². The van der Waals surface area contributed by atoms with E-state index in [-0.39, 0.29) is 5.75 Å². The number of hydrogen-bond acceptors (Lipinski definition) is 4. The lowest BCUT2D eigenvalue weighted by Gasteiger charge is -2.07. The molecule has 1 amide bonds. The van der Waals surface area contributed by atoms with Crippen molar-refractivity contribution in [3.8, 4) is 5.75 Å². The van der Waals surface area contributed by atoms with Gasteiger partial charge in [0.1, 0.15) is 5.75 Å². The van der Waals surface area contributed by atoms with Crippen molar-refractivity contribution in [2.75, 3.05) is 5.32 Å². The van der Waals surface area contributed by atoms with Crippen molar-refractivity contribution < 1.29 is 14.7 Å². The first-order chi connectivity index (χ1) is 11.6. The Morgan fingerprint density at radius 2 is 1.71 bits per heavy atom. The number of benzene rings is 3. The molecule has 0 fully saturated rings. The van der Waals surface area contributed by atoms with Crippen LogP contribution in [0.5, 0.6) is 5.75 Å². The normalized spacial score (nSPS) is 11.3. The van der Waals surface area contributed by atoms with Gasteiger partial charge in [0.2, 0.25) is 0 Å². The molecule has 3 aromatic rings. The Bertz CT molecular complexity index is 905. The van der Waals surface area contributed by atoms with E-state index in [0.717, 1.165) is 10.8 Å². The third-order valence-corrected chi connectivity index (χ3v) is 3.58. The average molecular weight is 320 g/mol. The second-order valence-electron chi connectivity index (χ2n) is 5.23. The fraction of sp³-hybridized carbons (Fsp3) is 0.0526. The van der Waals surface area contributed by atoms with E-state index in [1.165, 1.54) is 0 Å². The van der Waals surface area contributed by atoms with E-state index in [9.17, 15) is 9.90 Å². The summed E-state index contributed by atoms with van der Waals surface area (Å²) in [5.74, 6) is 0.112. The highest BCUT2D eigenvalue weighted by Gasteiger charge is 2.10. The van der Waals surface area contributed by atoms with Crippen LogP contribution in [0.1, 0.15) is 12.5 Å². The number of phenolic OH excluding ortho intramolecular Hbond substituents is 1. The van der Waals surface area contributed by atoms with Crippen LogP contribution in [0, 0.1) is 0 Å². The van der Waals surface area contributed by atoms with Gasteiger partial charge in [-0.25, -0.2) is 4.79 Å². The maximum absolute atomic E-state index is 11.7. The monoisotopic (exact) mass is 320 g/mol. The summed E-state index contributed by atoms with van der Waals surface area (Å²) >= 11 is 0. The van der Waals surface area contributed by atoms with Crippen LogP contribution in [0.4, 0.5) is 10.5 Å². The molecule has 0 aliphatic heterocycles. The molecule has 3 aromatic carbocycles. The molecule has 2 N–H and O–H groups in total. The molecule has 0 aliphatic carbocycles. The highest BCUT2D eigenvalue weighted by atomic mass is 16.7. The van der Waals surface area contributed by atoms with Crippen LogP contribution in [0.25, 0.3) is 10.8 Å². The van der Waals surface area contributed by atoms with Crippen molar-refractivity contribution in [3.63, 3.8) is 0 Å². The number of carbonyl (C=O) groups is 1. The number of carbonyl (C=O) groups excluding carboxylic acids is 1. The third-order valence-electron chi connectivity index (χ3n) is 3.58. The van der Waals surface area contributed by atoms with Gasteiger partial charge in [-0.1, -0.05) is 53.7 Å². The van der Waals surface area contributed by atoms with Gasteiger partial charge in [0.05, 0.1) is 5.71 Å². The van der Waals surface area contributed by atoms with Gasteiger partial charge in [-0.15, -0.1) is 0 Å². The molecule has 0 spiro atoms. The fourth-order valence-electron chi connectivity index (χ4n) is 2.37. The number of oxime groups is 1. The molecule has 0 saturated heterocycles. The molecular weight excluding hydrogens is 304 g/mol. The van der Waals surface area contributed by atoms with Crippen molar-refractivity contribution >= 4 is 28.3 Å². The molecule has 5 nitrogen and oxygen atoms in total. The standard InChI is InChI=1S/C19H16N2O3/c1-13(21-24-19(23)20-15-8-3-2-4-9-15)16-12-11-14-7-5-6-10-17(14)18(16)22/h2-12,22H,1H3,(H,20,23)/b21-13+. The van der Waals surface area contributed by atoms with E-state index >= 15 is 0 Å². The molecule has 0 saturated carbocycles. The lowest BCUT2D eigenvalue weighted by Crippen LogP contribution is -2.11. The van der Waals surface area contributed by atoms with Crippen molar-refractivity contribution in [1.82, 2.24) is 0 Å². The van der Waals surface area contributed by atoms with Crippen molar-refractivity contribution in [1.29, 1.82) is 0 Å². The average Bonchev–Trinajstić information content (AvgIpc) is 2.61. The maximum Gasteiger partial charge on any atom is 0.437 e. The van der Waals surface area contributed by atoms with E-state index in [2.05, 4.69) is 10.5 Å². The SMILES string of the molecule is C/C(=N\OC(=O)Nc1ccccc1)c1ccc2ccccc2c1O. The van der Waals surface area contributed by atoms with Crippen molar-refractivity contribution in [2.24, 2.45) is 5.16 Å². The second kappa shape index (κ2) is 6.83. The summed E-state index contributed by atoms with van der Waals surface area (Å²) in [4.78, 5) is 16.6. The molecule has 5 heteroatoms. The number of aromatic hydroxyl groups is 1. The zero-order valence-electron chi connectivity index (χ0n) is 13.1. The first-order valence-electron chi connectivity index (χ1n) is 7.44. The molecule has 0 aromatic heterocycles. The number of nitrogens with one attached hydrogen (secondary N) is 1. The molecule has 0 unspecified atom stereocenters. The Balaban J connectivity index is 1.76. The summed E-state index contributed by atoms with van der Waals surface area (Å²) < 4.78 is 0. The molecule has 0 bridgehead atoms. The number of nitrogens with zero attached hydrogens (tertiary/aromatic N) is 1. The molecule has 0 radical (unpaired) electrons. The third kappa shape index (κ3) is 3.35. The van der Waals surface area contributed by atoms with E-state index in [1.54, 1.807) is 37.3 Å². The molecule has 3 rings (SSSR count). The number of phenols is 1. The minimum Gasteiger partial charge on any atom is -0.507 e. The topological polar surface area (TPSA) is 70.9 Å². The Morgan fingerprint density at radius 1 is 1.00 bits per heavy atom. The summed E-state index contributed by atoms with van der Waals surface area (Å²) in [7, 11) is 0. The van der Waals surface area contributed by atoms with Gasteiger partial charge in [-0.2, -0.15) is 0 Å². The first kappa shape index (κ1) is 15.6. The zero-order valence-corrected chi connectivity index (χ0v) is 13.1. The second-order valence-corrected chi connectivity index (χ2v) is 5.23. The smallest absolute Gasteiger partial charge is 0.437 e. The van der Waals surface area contributed by atoms with Crippen LogP contribution in [-0.4, -0.2) is 16.9 Å². The molecule has 0 atom stereocenters. The van der Waals surface area contributed by atoms with Crippen molar-refractivity contribution in [3.05, 3.63) is 72.3 Å². The van der Waals surface area contributed by atoms with E-state index in [1.807, 2.05) is 36.4 Å². The number of fused-ring (bicyclic) bond motifs is 1. The Morgan fingerprint density at radius 3 is 2.50 bits per heavy atom. The number of rotatable bonds is 3. The molecular formula is C19H16N2O3. The molecule has 0 aliphatic rings. The summed E-state index contributed by atoms with van der Waals surface area (Å²) in [5, 5.41) is 18.4. The summed E-state index contributed by atoms with van der Waals surface area (Å²) in [6, 6.07) is 20.1. The van der Waals surface area contributed by atoms with Gasteiger partial charge in [0.15, 0.2) is 0 Å². The van der Waals surface area contributed by atoms with Crippen molar-refractivity contribution in [2.45, 2.75) is 6.92 Å². The Labute approximate surface area is 139 Å². The van der Waals surface area contributed by atoms with E-state index in [4.69, 9.17) is 4.84 Å². The summed E-state index contributed by atoms with van der Waals surface area (Å²) in [5.41, 5.74) is 1.53. The quantitative estimate of drug-likeness (QED) is 0.423. The maximum atomic E-state index is 11.7. The van der Waals surface area contributed by atoms with Gasteiger partial charge in [-0.3, -0.25) is 10.2 Å². The fourth-order valence-corrected chi connectivity index (χ4v) is 2.37. The number of hydrogen-bond donors (Lipinski definition) is 2. The van der Waals surface area contributed by atoms with Crippen LogP contribution in [0.15, 0.2) is 71.9 Å². The van der Waals surface area contributed by atoms with Gasteiger partial charge < -0.3 is 5.11 Å². The van der Waals surface area contributed by atoms with Gasteiger partial charge >= 0.3 is 6.09 Å². The summed E-state index contributed by atoms with van der Waals surface area (Å²) in [6.07, 6.45) is -0.694. The molecule has 120 valence electrons. The first-order valence-corrected chi connectivity index (χ1v) is 7.44. The van der Waals surface area contributed by atoms with Gasteiger partial charge in [0, 0.05) is 16.6 Å². The number of para-hydroxylation sites is 1. The number of amides is 1. The lowest BCUT2D eigenvalue weighted by molar-refractivity contribution is 0.166. The molecule has 24 heavy (non-hydrogen) atoms. The molecule has 0 heterocycles. The predicted molar refractivity (Wildman–Crippen MR) is 94.4 cm³/mol. The van der Waals surface area contributed by atoms with E-state index in [0.29, 0.717) is 17.0 Å². The highest BCUT2D eigenvalue weighted by Crippen LogP contribution is 2.29. The number of anilines is 1. The Kier molecular flexibility index (Phi) is 4.43. The minimum absolute atomic E-state index is 0.112. The van der Waals surface area contributed by atoms with Crippen LogP contribution < -0.4 is 5.32 Å².